The largest absolute Gasteiger partial charge is 0.493 e. The Morgan fingerprint density at radius 1 is 1.16 bits per heavy atom. The number of halogens is 1. The molecule has 2 fully saturated rings. The van der Waals surface area contributed by atoms with E-state index in [0.29, 0.717) is 40.4 Å². The van der Waals surface area contributed by atoms with Crippen molar-refractivity contribution in [1.29, 1.82) is 0 Å². The number of hydrogen-bond donors (Lipinski definition) is 1. The van der Waals surface area contributed by atoms with Crippen molar-refractivity contribution >= 4 is 27.5 Å². The monoisotopic (exact) mass is 563 g/mol. The molecule has 1 spiro atoms. The Kier molecular flexibility index (Phi) is 5.92. The highest BCUT2D eigenvalue weighted by Gasteiger charge is 2.73. The standard InChI is InChI=1S/C28H26BrN3O5/c1-36-23-15-18(14-20(29)25(23)37-16-17-8-3-2-4-9-17)24-22-12-7-13-31(22)28(26(24)32(34)35)19-10-5-6-11-21(19)30-27(28)33/h2-6,8-11,14-15,22,24,26H,7,12-13,16H2,1H3,(H,30,33)/t22-,24+,26-,28-/m0/s1. The summed E-state index contributed by atoms with van der Waals surface area (Å²) in [5, 5.41) is 15.8. The zero-order valence-electron chi connectivity index (χ0n) is 20.2. The van der Waals surface area contributed by atoms with E-state index >= 15 is 0 Å². The highest BCUT2D eigenvalue weighted by molar-refractivity contribution is 9.10. The van der Waals surface area contributed by atoms with Crippen LogP contribution in [0.25, 0.3) is 0 Å². The first kappa shape index (κ1) is 23.9. The number of benzene rings is 3. The van der Waals surface area contributed by atoms with Gasteiger partial charge in [-0.15, -0.1) is 0 Å². The van der Waals surface area contributed by atoms with Crippen molar-refractivity contribution in [1.82, 2.24) is 4.90 Å². The average Bonchev–Trinajstić information content (AvgIpc) is 3.56. The molecule has 3 aromatic rings. The Labute approximate surface area is 222 Å². The molecule has 8 nitrogen and oxygen atoms in total. The summed E-state index contributed by atoms with van der Waals surface area (Å²) < 4.78 is 12.5. The fourth-order valence-electron chi connectivity index (χ4n) is 6.58. The summed E-state index contributed by atoms with van der Waals surface area (Å²) in [6, 6.07) is 19.6. The van der Waals surface area contributed by atoms with Gasteiger partial charge in [-0.2, -0.15) is 0 Å². The lowest BCUT2D eigenvalue weighted by Gasteiger charge is -2.32. The zero-order chi connectivity index (χ0) is 25.7. The predicted molar refractivity (Wildman–Crippen MR) is 141 cm³/mol. The number of nitro groups is 1. The quantitative estimate of drug-likeness (QED) is 0.331. The maximum atomic E-state index is 13.6. The number of methoxy groups -OCH3 is 1. The van der Waals surface area contributed by atoms with Gasteiger partial charge in [0.2, 0.25) is 0 Å². The van der Waals surface area contributed by atoms with Crippen LogP contribution in [0.1, 0.15) is 35.4 Å². The van der Waals surface area contributed by atoms with Crippen LogP contribution >= 0.6 is 15.9 Å². The van der Waals surface area contributed by atoms with Gasteiger partial charge in [0.1, 0.15) is 6.61 Å². The zero-order valence-corrected chi connectivity index (χ0v) is 21.8. The van der Waals surface area contributed by atoms with E-state index in [1.54, 1.807) is 7.11 Å². The summed E-state index contributed by atoms with van der Waals surface area (Å²) in [6.07, 6.45) is 1.65. The lowest BCUT2D eigenvalue weighted by Crippen LogP contribution is -2.55. The molecule has 3 aliphatic rings. The van der Waals surface area contributed by atoms with E-state index in [4.69, 9.17) is 9.47 Å². The highest BCUT2D eigenvalue weighted by Crippen LogP contribution is 2.58. The van der Waals surface area contributed by atoms with Crippen LogP contribution in [-0.2, 0) is 16.9 Å². The Morgan fingerprint density at radius 2 is 1.92 bits per heavy atom. The fourth-order valence-corrected chi connectivity index (χ4v) is 7.15. The van der Waals surface area contributed by atoms with Crippen LogP contribution in [0.2, 0.25) is 0 Å². The first-order valence-electron chi connectivity index (χ1n) is 12.3. The van der Waals surface area contributed by atoms with Gasteiger partial charge in [-0.25, -0.2) is 0 Å². The highest BCUT2D eigenvalue weighted by atomic mass is 79.9. The van der Waals surface area contributed by atoms with Gasteiger partial charge in [-0.1, -0.05) is 48.5 Å². The minimum atomic E-state index is -1.35. The van der Waals surface area contributed by atoms with E-state index in [1.807, 2.05) is 66.7 Å². The SMILES string of the molecule is COc1cc([C@H]2[C@H]([N+](=O)[O-])[C@@]3(C(=O)Nc4ccccc43)N3CCC[C@@H]23)cc(Br)c1OCc1ccccc1. The van der Waals surface area contributed by atoms with Crippen LogP contribution in [0.15, 0.2) is 71.2 Å². The van der Waals surface area contributed by atoms with Crippen molar-refractivity contribution in [2.45, 2.75) is 43.0 Å². The molecule has 0 unspecified atom stereocenters. The fraction of sp³-hybridized carbons (Fsp3) is 0.321. The van der Waals surface area contributed by atoms with E-state index in [1.165, 1.54) is 0 Å². The van der Waals surface area contributed by atoms with Gasteiger partial charge >= 0.3 is 0 Å². The maximum absolute atomic E-state index is 13.6. The van der Waals surface area contributed by atoms with E-state index in [2.05, 4.69) is 26.1 Å². The summed E-state index contributed by atoms with van der Waals surface area (Å²) in [5.41, 5.74) is 1.75. The molecule has 4 atom stereocenters. The second kappa shape index (κ2) is 9.15. The molecular weight excluding hydrogens is 538 g/mol. The first-order chi connectivity index (χ1) is 18.0. The van der Waals surface area contributed by atoms with Gasteiger partial charge in [0.05, 0.1) is 17.5 Å². The lowest BCUT2D eigenvalue weighted by molar-refractivity contribution is -0.534. The third-order valence-corrected chi connectivity index (χ3v) is 8.55. The number of carbonyl (C=O) groups is 1. The Balaban J connectivity index is 1.44. The number of nitrogens with one attached hydrogen (secondary N) is 1. The number of amides is 1. The molecule has 6 rings (SSSR count). The van der Waals surface area contributed by atoms with Crippen LogP contribution in [0.4, 0.5) is 5.69 Å². The van der Waals surface area contributed by atoms with Crippen LogP contribution < -0.4 is 14.8 Å². The average molecular weight is 564 g/mol. The smallest absolute Gasteiger partial charge is 0.256 e. The third kappa shape index (κ3) is 3.55. The van der Waals surface area contributed by atoms with Crippen LogP contribution in [-0.4, -0.2) is 41.5 Å². The van der Waals surface area contributed by atoms with Gasteiger partial charge in [-0.05, 0) is 58.1 Å². The topological polar surface area (TPSA) is 93.9 Å². The van der Waals surface area contributed by atoms with Crippen LogP contribution in [0.5, 0.6) is 11.5 Å². The summed E-state index contributed by atoms with van der Waals surface area (Å²) in [7, 11) is 1.56. The van der Waals surface area contributed by atoms with E-state index < -0.39 is 17.5 Å². The molecule has 3 aromatic carbocycles. The van der Waals surface area contributed by atoms with Crippen molar-refractivity contribution in [2.24, 2.45) is 0 Å². The van der Waals surface area contributed by atoms with E-state index in [-0.39, 0.29) is 16.9 Å². The normalized spacial score (nSPS) is 26.1. The molecule has 1 N–H and O–H groups in total. The minimum absolute atomic E-state index is 0.153. The maximum Gasteiger partial charge on any atom is 0.256 e. The number of carbonyl (C=O) groups excluding carboxylic acids is 1. The molecule has 0 saturated carbocycles. The first-order valence-corrected chi connectivity index (χ1v) is 13.1. The second-order valence-electron chi connectivity index (χ2n) is 9.73. The Hall–Kier alpha value is -3.43. The van der Waals surface area contributed by atoms with Crippen molar-refractivity contribution < 1.29 is 19.2 Å². The van der Waals surface area contributed by atoms with Crippen molar-refractivity contribution in [3.8, 4) is 11.5 Å². The molecule has 190 valence electrons. The minimum Gasteiger partial charge on any atom is -0.493 e. The van der Waals surface area contributed by atoms with Gasteiger partial charge in [0, 0.05) is 28.8 Å². The Bertz CT molecular complexity index is 1380. The molecule has 9 heteroatoms. The number of ether oxygens (including phenoxy) is 2. The molecule has 0 aromatic heterocycles. The molecule has 37 heavy (non-hydrogen) atoms. The van der Waals surface area contributed by atoms with Crippen molar-refractivity contribution in [3.05, 3.63) is 98.0 Å². The summed E-state index contributed by atoms with van der Waals surface area (Å²) in [5.74, 6) is 0.193. The molecule has 3 aliphatic heterocycles. The number of hydrogen-bond acceptors (Lipinski definition) is 6. The molecule has 1 amide bonds. The molecule has 2 saturated heterocycles. The summed E-state index contributed by atoms with van der Waals surface area (Å²) in [6.45, 7) is 0.983. The molecule has 0 radical (unpaired) electrons. The predicted octanol–water partition coefficient (Wildman–Crippen LogP) is 5.09. The van der Waals surface area contributed by atoms with Crippen LogP contribution in [0, 0.1) is 10.1 Å². The summed E-state index contributed by atoms with van der Waals surface area (Å²) in [4.78, 5) is 28.3. The number of para-hydroxylation sites is 1. The summed E-state index contributed by atoms with van der Waals surface area (Å²) >= 11 is 3.63. The van der Waals surface area contributed by atoms with E-state index in [9.17, 15) is 14.9 Å². The van der Waals surface area contributed by atoms with Crippen molar-refractivity contribution in [3.63, 3.8) is 0 Å². The van der Waals surface area contributed by atoms with Gasteiger partial charge in [-0.3, -0.25) is 19.8 Å². The molecule has 3 heterocycles. The van der Waals surface area contributed by atoms with E-state index in [0.717, 1.165) is 24.0 Å². The number of fused-ring (bicyclic) bond motifs is 4. The number of rotatable bonds is 6. The molecular formula is C28H26BrN3O5. The van der Waals surface area contributed by atoms with Gasteiger partial charge < -0.3 is 14.8 Å². The van der Waals surface area contributed by atoms with Gasteiger partial charge in [0.25, 0.3) is 11.9 Å². The molecule has 0 aliphatic carbocycles. The second-order valence-corrected chi connectivity index (χ2v) is 10.6. The van der Waals surface area contributed by atoms with Gasteiger partial charge in [0.15, 0.2) is 17.0 Å². The molecule has 0 bridgehead atoms. The van der Waals surface area contributed by atoms with Crippen molar-refractivity contribution in [2.75, 3.05) is 19.0 Å². The third-order valence-electron chi connectivity index (χ3n) is 7.96. The van der Waals surface area contributed by atoms with Crippen LogP contribution in [0.3, 0.4) is 0 Å². The lowest BCUT2D eigenvalue weighted by atomic mass is 9.77. The number of anilines is 1. The Morgan fingerprint density at radius 3 is 2.68 bits per heavy atom. The number of nitrogens with zero attached hydrogens (tertiary/aromatic N) is 2.